The van der Waals surface area contributed by atoms with Gasteiger partial charge in [-0.15, -0.1) is 0 Å². The van der Waals surface area contributed by atoms with Crippen molar-refractivity contribution in [2.24, 2.45) is 17.3 Å². The van der Waals surface area contributed by atoms with Gasteiger partial charge in [-0.2, -0.15) is 0 Å². The number of carbonyl (C=O) groups excluding carboxylic acids is 1. The molecule has 0 aromatic heterocycles. The number of ether oxygens (including phenoxy) is 1. The molecule has 2 atom stereocenters. The van der Waals surface area contributed by atoms with E-state index in [-0.39, 0.29) is 35.4 Å². The Morgan fingerprint density at radius 2 is 1.91 bits per heavy atom. The number of carbonyl (C=O) groups is 2. The van der Waals surface area contributed by atoms with Crippen LogP contribution in [0.2, 0.25) is 5.02 Å². The molecule has 118 valence electrons. The van der Waals surface area contributed by atoms with Crippen molar-refractivity contribution in [1.82, 2.24) is 0 Å². The fourth-order valence-corrected chi connectivity index (χ4v) is 2.73. The molecular formula is C17H19ClO4. The Hall–Kier alpha value is -1.81. The fourth-order valence-electron chi connectivity index (χ4n) is 2.60. The Labute approximate surface area is 134 Å². The van der Waals surface area contributed by atoms with Crippen LogP contribution in [0.15, 0.2) is 35.9 Å². The van der Waals surface area contributed by atoms with E-state index >= 15 is 0 Å². The predicted molar refractivity (Wildman–Crippen MR) is 83.4 cm³/mol. The highest BCUT2D eigenvalue weighted by Gasteiger charge is 2.61. The van der Waals surface area contributed by atoms with Gasteiger partial charge in [0, 0.05) is 10.6 Å². The normalized spacial score (nSPS) is 23.0. The lowest BCUT2D eigenvalue weighted by Gasteiger charge is -2.06. The molecule has 1 aromatic carbocycles. The van der Waals surface area contributed by atoms with Crippen molar-refractivity contribution in [3.63, 3.8) is 0 Å². The molecule has 1 saturated carbocycles. The molecule has 0 amide bonds. The van der Waals surface area contributed by atoms with Crippen LogP contribution in [0.25, 0.3) is 0 Å². The lowest BCUT2D eigenvalue weighted by molar-refractivity contribution is -0.147. The first-order valence-electron chi connectivity index (χ1n) is 7.06. The molecule has 0 bridgehead atoms. The van der Waals surface area contributed by atoms with Crippen LogP contribution in [-0.2, 0) is 20.9 Å². The number of carboxylic acids is 1. The second kappa shape index (κ2) is 6.13. The topological polar surface area (TPSA) is 63.6 Å². The van der Waals surface area contributed by atoms with Crippen molar-refractivity contribution in [1.29, 1.82) is 0 Å². The number of rotatable bonds is 5. The zero-order valence-electron chi connectivity index (χ0n) is 12.8. The van der Waals surface area contributed by atoms with Crippen LogP contribution in [0.1, 0.15) is 26.3 Å². The smallest absolute Gasteiger partial charge is 0.330 e. The highest BCUT2D eigenvalue weighted by Crippen LogP contribution is 2.59. The van der Waals surface area contributed by atoms with E-state index in [0.717, 1.165) is 5.56 Å². The molecule has 0 spiro atoms. The van der Waals surface area contributed by atoms with Gasteiger partial charge in [-0.3, -0.25) is 4.79 Å². The summed E-state index contributed by atoms with van der Waals surface area (Å²) in [5, 5.41) is 9.57. The zero-order chi connectivity index (χ0) is 16.5. The largest absolute Gasteiger partial charge is 0.478 e. The molecule has 2 rings (SSSR count). The van der Waals surface area contributed by atoms with Crippen LogP contribution in [0.3, 0.4) is 0 Å². The average molecular weight is 323 g/mol. The van der Waals surface area contributed by atoms with E-state index < -0.39 is 5.97 Å². The fraction of sp³-hybridized carbons (Fsp3) is 0.412. The van der Waals surface area contributed by atoms with Crippen LogP contribution >= 0.6 is 11.6 Å². The predicted octanol–water partition coefficient (Wildman–Crippen LogP) is 3.69. The van der Waals surface area contributed by atoms with Crippen molar-refractivity contribution in [3.05, 3.63) is 46.5 Å². The Morgan fingerprint density at radius 1 is 1.32 bits per heavy atom. The van der Waals surface area contributed by atoms with Crippen LogP contribution in [0, 0.1) is 17.3 Å². The molecule has 0 radical (unpaired) electrons. The molecule has 0 heterocycles. The molecule has 1 aromatic rings. The van der Waals surface area contributed by atoms with Gasteiger partial charge in [-0.1, -0.05) is 43.7 Å². The minimum atomic E-state index is -0.962. The zero-order valence-corrected chi connectivity index (χ0v) is 13.6. The molecule has 1 N–H and O–H groups in total. The lowest BCUT2D eigenvalue weighted by Crippen LogP contribution is -2.10. The summed E-state index contributed by atoms with van der Waals surface area (Å²) in [5.41, 5.74) is 0.851. The van der Waals surface area contributed by atoms with Gasteiger partial charge in [0.25, 0.3) is 0 Å². The quantitative estimate of drug-likeness (QED) is 0.663. The molecule has 1 aliphatic carbocycles. The van der Waals surface area contributed by atoms with Gasteiger partial charge in [-0.25, -0.2) is 4.79 Å². The Balaban J connectivity index is 1.97. The van der Waals surface area contributed by atoms with Crippen molar-refractivity contribution in [2.75, 3.05) is 0 Å². The molecule has 1 aliphatic rings. The summed E-state index contributed by atoms with van der Waals surface area (Å²) in [6.07, 6.45) is 1.65. The number of carboxylic acid groups (broad SMARTS) is 1. The Morgan fingerprint density at radius 3 is 2.45 bits per heavy atom. The maximum absolute atomic E-state index is 12.2. The first-order chi connectivity index (χ1) is 10.2. The van der Waals surface area contributed by atoms with E-state index in [1.807, 2.05) is 13.8 Å². The number of esters is 1. The van der Waals surface area contributed by atoms with Crippen molar-refractivity contribution >= 4 is 23.5 Å². The minimum Gasteiger partial charge on any atom is -0.478 e. The third kappa shape index (κ3) is 3.50. The van der Waals surface area contributed by atoms with Gasteiger partial charge in [-0.05, 0) is 36.0 Å². The van der Waals surface area contributed by atoms with Crippen molar-refractivity contribution < 1.29 is 19.4 Å². The van der Waals surface area contributed by atoms with E-state index in [4.69, 9.17) is 21.4 Å². The van der Waals surface area contributed by atoms with E-state index in [1.165, 1.54) is 6.92 Å². The second-order valence-electron chi connectivity index (χ2n) is 6.21. The third-order valence-electron chi connectivity index (χ3n) is 4.23. The number of aliphatic carboxylic acids is 1. The van der Waals surface area contributed by atoms with Crippen LogP contribution in [0.4, 0.5) is 0 Å². The Bertz CT molecular complexity index is 616. The summed E-state index contributed by atoms with van der Waals surface area (Å²) in [6, 6.07) is 7.10. The molecule has 1 fully saturated rings. The first kappa shape index (κ1) is 16.6. The second-order valence-corrected chi connectivity index (χ2v) is 6.65. The van der Waals surface area contributed by atoms with Gasteiger partial charge in [0.1, 0.15) is 6.61 Å². The molecule has 0 aliphatic heterocycles. The van der Waals surface area contributed by atoms with Crippen molar-refractivity contribution in [2.45, 2.75) is 27.4 Å². The van der Waals surface area contributed by atoms with Crippen LogP contribution < -0.4 is 0 Å². The van der Waals surface area contributed by atoms with Gasteiger partial charge in [0.2, 0.25) is 0 Å². The number of hydrogen-bond donors (Lipinski definition) is 1. The lowest BCUT2D eigenvalue weighted by atomic mass is 10.1. The number of benzene rings is 1. The first-order valence-corrected chi connectivity index (χ1v) is 7.44. The van der Waals surface area contributed by atoms with Crippen LogP contribution in [-0.4, -0.2) is 17.0 Å². The molecule has 4 nitrogen and oxygen atoms in total. The molecule has 22 heavy (non-hydrogen) atoms. The van der Waals surface area contributed by atoms with Gasteiger partial charge in [0.05, 0.1) is 5.92 Å². The summed E-state index contributed by atoms with van der Waals surface area (Å²) in [7, 11) is 0. The van der Waals surface area contributed by atoms with E-state index in [1.54, 1.807) is 30.3 Å². The number of halogens is 1. The van der Waals surface area contributed by atoms with Gasteiger partial charge in [0.15, 0.2) is 0 Å². The van der Waals surface area contributed by atoms with E-state index in [0.29, 0.717) is 5.02 Å². The molecule has 5 heteroatoms. The summed E-state index contributed by atoms with van der Waals surface area (Å²) < 4.78 is 5.34. The SMILES string of the molecule is C/C(=C\C1C(C(=O)OCc2ccc(Cl)cc2)C1(C)C)C(=O)O. The maximum Gasteiger partial charge on any atom is 0.330 e. The summed E-state index contributed by atoms with van der Waals surface area (Å²) in [5.74, 6) is -1.65. The summed E-state index contributed by atoms with van der Waals surface area (Å²) in [6.45, 7) is 5.61. The molecule has 2 unspecified atom stereocenters. The minimum absolute atomic E-state index is 0.0960. The van der Waals surface area contributed by atoms with Crippen molar-refractivity contribution in [3.8, 4) is 0 Å². The molecule has 0 saturated heterocycles. The average Bonchev–Trinajstić information content (AvgIpc) is 2.98. The highest BCUT2D eigenvalue weighted by molar-refractivity contribution is 6.30. The highest BCUT2D eigenvalue weighted by atomic mass is 35.5. The molecular weight excluding hydrogens is 304 g/mol. The van der Waals surface area contributed by atoms with Gasteiger partial charge < -0.3 is 9.84 Å². The Kier molecular flexibility index (Phi) is 4.61. The monoisotopic (exact) mass is 322 g/mol. The third-order valence-corrected chi connectivity index (χ3v) is 4.48. The summed E-state index contributed by atoms with van der Waals surface area (Å²) in [4.78, 5) is 23.1. The van der Waals surface area contributed by atoms with E-state index in [2.05, 4.69) is 0 Å². The van der Waals surface area contributed by atoms with Gasteiger partial charge >= 0.3 is 11.9 Å². The maximum atomic E-state index is 12.2. The number of allylic oxidation sites excluding steroid dienone is 1. The van der Waals surface area contributed by atoms with E-state index in [9.17, 15) is 9.59 Å². The standard InChI is InChI=1S/C17H19ClO4/c1-10(15(19)20)8-13-14(17(13,2)3)16(21)22-9-11-4-6-12(18)7-5-11/h4-8,13-14H,9H2,1-3H3,(H,19,20)/b10-8+. The van der Waals surface area contributed by atoms with Crippen LogP contribution in [0.5, 0.6) is 0 Å². The number of hydrogen-bond acceptors (Lipinski definition) is 3. The summed E-state index contributed by atoms with van der Waals surface area (Å²) >= 11 is 5.80.